The number of benzene rings is 2. The largest absolute Gasteiger partial charge is 0.484 e. The van der Waals surface area contributed by atoms with Gasteiger partial charge < -0.3 is 14.8 Å². The Labute approximate surface area is 142 Å². The minimum Gasteiger partial charge on any atom is -0.484 e. The number of amides is 1. The zero-order valence-electron chi connectivity index (χ0n) is 12.5. The molecule has 6 heteroatoms. The van der Waals surface area contributed by atoms with Gasteiger partial charge in [-0.1, -0.05) is 12.1 Å². The molecule has 0 fully saturated rings. The fourth-order valence-corrected chi connectivity index (χ4v) is 2.18. The number of ether oxygens (including phenoxy) is 2. The van der Waals surface area contributed by atoms with E-state index in [9.17, 15) is 9.59 Å². The number of hydrogen-bond acceptors (Lipinski definition) is 4. The van der Waals surface area contributed by atoms with Crippen LogP contribution in [-0.2, 0) is 9.53 Å². The van der Waals surface area contributed by atoms with Crippen LogP contribution < -0.4 is 10.1 Å². The molecule has 0 aromatic heterocycles. The molecule has 0 radical (unpaired) electrons. The molecule has 0 heterocycles. The molecule has 1 N–H and O–H groups in total. The van der Waals surface area contributed by atoms with E-state index in [0.29, 0.717) is 23.6 Å². The highest BCUT2D eigenvalue weighted by atomic mass is 79.9. The van der Waals surface area contributed by atoms with E-state index in [0.717, 1.165) is 4.47 Å². The van der Waals surface area contributed by atoms with Crippen molar-refractivity contribution < 1.29 is 19.1 Å². The molecular formula is C17H16BrNO4. The van der Waals surface area contributed by atoms with E-state index in [-0.39, 0.29) is 18.5 Å². The van der Waals surface area contributed by atoms with E-state index in [2.05, 4.69) is 21.2 Å². The van der Waals surface area contributed by atoms with Gasteiger partial charge in [-0.05, 0) is 59.3 Å². The van der Waals surface area contributed by atoms with Crippen molar-refractivity contribution in [2.24, 2.45) is 0 Å². The van der Waals surface area contributed by atoms with E-state index in [1.165, 1.54) is 0 Å². The van der Waals surface area contributed by atoms with Gasteiger partial charge in [0.2, 0.25) is 0 Å². The molecule has 0 saturated heterocycles. The third-order valence-electron chi connectivity index (χ3n) is 2.88. The molecule has 2 aromatic rings. The van der Waals surface area contributed by atoms with Crippen LogP contribution in [0, 0.1) is 0 Å². The average Bonchev–Trinajstić information content (AvgIpc) is 2.56. The topological polar surface area (TPSA) is 64.6 Å². The third kappa shape index (κ3) is 5.10. The zero-order valence-corrected chi connectivity index (χ0v) is 14.1. The molecular weight excluding hydrogens is 362 g/mol. The Bertz CT molecular complexity index is 685. The van der Waals surface area contributed by atoms with Crippen molar-refractivity contribution in [2.75, 3.05) is 18.5 Å². The van der Waals surface area contributed by atoms with Crippen molar-refractivity contribution in [2.45, 2.75) is 6.92 Å². The minimum atomic E-state index is -0.384. The second-order valence-electron chi connectivity index (χ2n) is 4.56. The summed E-state index contributed by atoms with van der Waals surface area (Å²) in [6, 6.07) is 13.8. The van der Waals surface area contributed by atoms with Crippen molar-refractivity contribution in [1.82, 2.24) is 0 Å². The van der Waals surface area contributed by atoms with E-state index < -0.39 is 0 Å². The van der Waals surface area contributed by atoms with Gasteiger partial charge in [-0.3, -0.25) is 4.79 Å². The normalized spacial score (nSPS) is 10.0. The van der Waals surface area contributed by atoms with E-state index >= 15 is 0 Å². The van der Waals surface area contributed by atoms with Gasteiger partial charge in [0.1, 0.15) is 5.75 Å². The molecule has 0 spiro atoms. The molecule has 0 unspecified atom stereocenters. The molecule has 23 heavy (non-hydrogen) atoms. The summed E-state index contributed by atoms with van der Waals surface area (Å²) in [7, 11) is 0. The van der Waals surface area contributed by atoms with Gasteiger partial charge in [0.25, 0.3) is 5.91 Å². The fraction of sp³-hybridized carbons (Fsp3) is 0.176. The molecule has 120 valence electrons. The summed E-state index contributed by atoms with van der Waals surface area (Å²) < 4.78 is 11.1. The van der Waals surface area contributed by atoms with Gasteiger partial charge in [0.05, 0.1) is 17.9 Å². The highest BCUT2D eigenvalue weighted by Gasteiger charge is 2.08. The Balaban J connectivity index is 1.87. The highest BCUT2D eigenvalue weighted by molar-refractivity contribution is 9.10. The highest BCUT2D eigenvalue weighted by Crippen LogP contribution is 2.21. The third-order valence-corrected chi connectivity index (χ3v) is 3.57. The number of hydrogen-bond donors (Lipinski definition) is 1. The maximum absolute atomic E-state index is 11.9. The molecule has 0 saturated carbocycles. The number of esters is 1. The van der Waals surface area contributed by atoms with E-state index in [1.54, 1.807) is 37.3 Å². The molecule has 0 bridgehead atoms. The number of carbonyl (C=O) groups excluding carboxylic acids is 2. The SMILES string of the molecule is CCOC(=O)c1ccc(OCC(=O)Nc2ccccc2Br)cc1. The predicted octanol–water partition coefficient (Wildman–Crippen LogP) is 3.64. The molecule has 0 aliphatic heterocycles. The van der Waals surface area contributed by atoms with Crippen LogP contribution in [0.1, 0.15) is 17.3 Å². The number of rotatable bonds is 6. The molecule has 5 nitrogen and oxygen atoms in total. The molecule has 0 atom stereocenters. The van der Waals surface area contributed by atoms with Gasteiger partial charge >= 0.3 is 5.97 Å². The van der Waals surface area contributed by atoms with Gasteiger partial charge in [-0.15, -0.1) is 0 Å². The van der Waals surface area contributed by atoms with Crippen LogP contribution in [0.3, 0.4) is 0 Å². The van der Waals surface area contributed by atoms with Crippen LogP contribution >= 0.6 is 15.9 Å². The summed E-state index contributed by atoms with van der Waals surface area (Å²) in [6.45, 7) is 1.95. The van der Waals surface area contributed by atoms with Crippen LogP contribution in [0.25, 0.3) is 0 Å². The summed E-state index contributed by atoms with van der Waals surface area (Å²) in [6.07, 6.45) is 0. The summed E-state index contributed by atoms with van der Waals surface area (Å²) in [5.74, 6) is -0.155. The lowest BCUT2D eigenvalue weighted by Gasteiger charge is -2.09. The molecule has 2 rings (SSSR count). The van der Waals surface area contributed by atoms with Crippen LogP contribution in [0.4, 0.5) is 5.69 Å². The lowest BCUT2D eigenvalue weighted by atomic mass is 10.2. The summed E-state index contributed by atoms with van der Waals surface area (Å²) in [5, 5.41) is 2.74. The van der Waals surface area contributed by atoms with Crippen molar-refractivity contribution >= 4 is 33.5 Å². The average molecular weight is 378 g/mol. The number of para-hydroxylation sites is 1. The summed E-state index contributed by atoms with van der Waals surface area (Å²) >= 11 is 3.36. The number of carbonyl (C=O) groups is 2. The molecule has 0 aliphatic rings. The minimum absolute atomic E-state index is 0.125. The lowest BCUT2D eigenvalue weighted by molar-refractivity contribution is -0.118. The molecule has 2 aromatic carbocycles. The van der Waals surface area contributed by atoms with Crippen LogP contribution in [0.5, 0.6) is 5.75 Å². The van der Waals surface area contributed by atoms with Crippen LogP contribution in [0.2, 0.25) is 0 Å². The first kappa shape index (κ1) is 17.0. The van der Waals surface area contributed by atoms with Crippen molar-refractivity contribution in [1.29, 1.82) is 0 Å². The van der Waals surface area contributed by atoms with Gasteiger partial charge in [-0.2, -0.15) is 0 Å². The Morgan fingerprint density at radius 2 is 1.78 bits per heavy atom. The van der Waals surface area contributed by atoms with Gasteiger partial charge in [0.15, 0.2) is 6.61 Å². The van der Waals surface area contributed by atoms with Crippen molar-refractivity contribution in [3.63, 3.8) is 0 Å². The number of anilines is 1. The monoisotopic (exact) mass is 377 g/mol. The lowest BCUT2D eigenvalue weighted by Crippen LogP contribution is -2.20. The second-order valence-corrected chi connectivity index (χ2v) is 5.42. The first-order valence-corrected chi connectivity index (χ1v) is 7.84. The van der Waals surface area contributed by atoms with Gasteiger partial charge in [0, 0.05) is 4.47 Å². The Morgan fingerprint density at radius 3 is 2.43 bits per heavy atom. The van der Waals surface area contributed by atoms with Crippen LogP contribution in [-0.4, -0.2) is 25.1 Å². The Hall–Kier alpha value is -2.34. The zero-order chi connectivity index (χ0) is 16.7. The smallest absolute Gasteiger partial charge is 0.338 e. The predicted molar refractivity (Wildman–Crippen MR) is 90.7 cm³/mol. The Morgan fingerprint density at radius 1 is 1.09 bits per heavy atom. The number of halogens is 1. The molecule has 1 amide bonds. The van der Waals surface area contributed by atoms with E-state index in [1.807, 2.05) is 18.2 Å². The Kier molecular flexibility index (Phi) is 6.17. The van der Waals surface area contributed by atoms with Crippen LogP contribution in [0.15, 0.2) is 53.0 Å². The number of nitrogens with one attached hydrogen (secondary N) is 1. The first-order chi connectivity index (χ1) is 11.1. The second kappa shape index (κ2) is 8.33. The maximum Gasteiger partial charge on any atom is 0.338 e. The first-order valence-electron chi connectivity index (χ1n) is 7.04. The van der Waals surface area contributed by atoms with E-state index in [4.69, 9.17) is 9.47 Å². The van der Waals surface area contributed by atoms with Crippen molar-refractivity contribution in [3.05, 3.63) is 58.6 Å². The maximum atomic E-state index is 11.9. The van der Waals surface area contributed by atoms with Crippen molar-refractivity contribution in [3.8, 4) is 5.75 Å². The fourth-order valence-electron chi connectivity index (χ4n) is 1.80. The quantitative estimate of drug-likeness (QED) is 0.780. The van der Waals surface area contributed by atoms with Gasteiger partial charge in [-0.25, -0.2) is 4.79 Å². The molecule has 0 aliphatic carbocycles. The standard InChI is InChI=1S/C17H16BrNO4/c1-2-22-17(21)12-7-9-13(10-8-12)23-11-16(20)19-15-6-4-3-5-14(15)18/h3-10H,2,11H2,1H3,(H,19,20). The summed E-state index contributed by atoms with van der Waals surface area (Å²) in [5.41, 5.74) is 1.12. The summed E-state index contributed by atoms with van der Waals surface area (Å²) in [4.78, 5) is 23.4.